The fraction of sp³-hybridized carbons (Fsp3) is 0. The lowest BCUT2D eigenvalue weighted by Crippen LogP contribution is -2.36. The maximum atomic E-state index is 12.4. The number of pyridine rings is 1. The van der Waals surface area contributed by atoms with E-state index in [2.05, 4.69) is 30.5 Å². The van der Waals surface area contributed by atoms with Crippen molar-refractivity contribution in [1.82, 2.24) is 15.0 Å². The molecule has 2 aromatic heterocycles. The SMILES string of the molecule is O=C(O)c1ccc[n+](-c2nc(Nc3cc(S(=O)(=O)O)cc4cc(S(=O)(=O)O)c(N=Nc5ccccc5S(=O)(=O)O)c(O)c34)[nH]c(=O)n2)c1. The summed E-state index contributed by atoms with van der Waals surface area (Å²) in [6.07, 6.45) is 2.38. The van der Waals surface area contributed by atoms with E-state index in [1.165, 1.54) is 30.5 Å². The molecule has 7 N–H and O–H groups in total. The number of anilines is 2. The van der Waals surface area contributed by atoms with E-state index in [0.717, 1.165) is 35.0 Å². The number of aromatic amines is 1. The van der Waals surface area contributed by atoms with Crippen molar-refractivity contribution < 1.29 is 58.5 Å². The number of hydrogen-bond acceptors (Lipinski definition) is 14. The van der Waals surface area contributed by atoms with Gasteiger partial charge in [0.2, 0.25) is 0 Å². The predicted molar refractivity (Wildman–Crippen MR) is 160 cm³/mol. The summed E-state index contributed by atoms with van der Waals surface area (Å²) in [5.41, 5.74) is -3.23. The first kappa shape index (κ1) is 33.6. The Balaban J connectivity index is 1.76. The number of aromatic carboxylic acids is 1. The Morgan fingerprint density at radius 1 is 0.854 bits per heavy atom. The number of hydrogen-bond donors (Lipinski definition) is 7. The third kappa shape index (κ3) is 6.99. The highest BCUT2D eigenvalue weighted by Gasteiger charge is 2.27. The van der Waals surface area contributed by atoms with E-state index >= 15 is 0 Å². The van der Waals surface area contributed by atoms with Crippen LogP contribution in [0.5, 0.6) is 5.75 Å². The van der Waals surface area contributed by atoms with E-state index in [1.807, 2.05) is 0 Å². The molecule has 0 bridgehead atoms. The summed E-state index contributed by atoms with van der Waals surface area (Å²) in [6, 6.07) is 9.21. The van der Waals surface area contributed by atoms with Crippen LogP contribution in [0.1, 0.15) is 10.4 Å². The van der Waals surface area contributed by atoms with Crippen LogP contribution in [0.15, 0.2) is 96.7 Å². The molecule has 0 aliphatic carbocycles. The molecule has 3 aromatic carbocycles. The largest absolute Gasteiger partial charge is 0.505 e. The number of phenolic OH excluding ortho intramolecular Hbond substituents is 1. The van der Waals surface area contributed by atoms with Gasteiger partial charge in [-0.15, -0.1) is 10.2 Å². The van der Waals surface area contributed by atoms with Crippen LogP contribution in [0, 0.1) is 0 Å². The molecule has 0 fully saturated rings. The zero-order chi connectivity index (χ0) is 35.2. The molecule has 0 atom stereocenters. The molecule has 48 heavy (non-hydrogen) atoms. The highest BCUT2D eigenvalue weighted by molar-refractivity contribution is 7.86. The molecule has 0 radical (unpaired) electrons. The number of nitrogens with one attached hydrogen (secondary N) is 2. The number of carbonyl (C=O) groups is 1. The van der Waals surface area contributed by atoms with Gasteiger partial charge >= 0.3 is 17.6 Å². The number of H-pyrrole nitrogens is 1. The van der Waals surface area contributed by atoms with Crippen molar-refractivity contribution in [1.29, 1.82) is 0 Å². The Hall–Kier alpha value is -5.72. The highest BCUT2D eigenvalue weighted by Crippen LogP contribution is 2.45. The summed E-state index contributed by atoms with van der Waals surface area (Å²) in [7, 11) is -15.2. The number of aromatic nitrogens is 4. The second-order valence-electron chi connectivity index (χ2n) is 9.47. The normalized spacial score (nSPS) is 12.4. The topological polar surface area (TPSA) is 320 Å². The lowest BCUT2D eigenvalue weighted by molar-refractivity contribution is -0.603. The molecule has 20 nitrogen and oxygen atoms in total. The minimum absolute atomic E-state index is 0.205. The Kier molecular flexibility index (Phi) is 8.51. The van der Waals surface area contributed by atoms with E-state index in [9.17, 15) is 58.7 Å². The van der Waals surface area contributed by atoms with Gasteiger partial charge in [-0.2, -0.15) is 25.3 Å². The third-order valence-corrected chi connectivity index (χ3v) is 8.87. The summed E-state index contributed by atoms with van der Waals surface area (Å²) in [6.45, 7) is 0. The zero-order valence-electron chi connectivity index (χ0n) is 23.3. The molecule has 248 valence electrons. The molecule has 5 aromatic rings. The lowest BCUT2D eigenvalue weighted by atomic mass is 10.1. The van der Waals surface area contributed by atoms with Crippen LogP contribution in [-0.2, 0) is 30.4 Å². The van der Waals surface area contributed by atoms with Gasteiger partial charge in [0.25, 0.3) is 36.3 Å². The average Bonchev–Trinajstić information content (AvgIpc) is 2.98. The van der Waals surface area contributed by atoms with Crippen molar-refractivity contribution >= 4 is 70.1 Å². The number of aromatic hydroxyl groups is 1. The van der Waals surface area contributed by atoms with Crippen molar-refractivity contribution in [3.05, 3.63) is 83.0 Å². The summed E-state index contributed by atoms with van der Waals surface area (Å²) in [5, 5.41) is 29.4. The highest BCUT2D eigenvalue weighted by atomic mass is 32.2. The Morgan fingerprint density at radius 2 is 1.54 bits per heavy atom. The molecule has 0 spiro atoms. The first-order valence-electron chi connectivity index (χ1n) is 12.6. The molecule has 0 saturated carbocycles. The fourth-order valence-electron chi connectivity index (χ4n) is 4.26. The second kappa shape index (κ2) is 12.1. The summed E-state index contributed by atoms with van der Waals surface area (Å²) < 4.78 is 103. The van der Waals surface area contributed by atoms with Crippen molar-refractivity contribution in [2.75, 3.05) is 5.32 Å². The Labute approximate surface area is 268 Å². The van der Waals surface area contributed by atoms with Crippen LogP contribution in [0.2, 0.25) is 0 Å². The first-order valence-corrected chi connectivity index (χ1v) is 16.9. The first-order chi connectivity index (χ1) is 22.3. The number of fused-ring (bicyclic) bond motifs is 1. The quantitative estimate of drug-likeness (QED) is 0.0649. The number of carboxylic acid groups (broad SMARTS) is 1. The van der Waals surface area contributed by atoms with Gasteiger partial charge in [0.1, 0.15) is 21.2 Å². The van der Waals surface area contributed by atoms with E-state index in [0.29, 0.717) is 6.07 Å². The Bertz CT molecular complexity index is 2590. The van der Waals surface area contributed by atoms with Crippen molar-refractivity contribution in [3.63, 3.8) is 0 Å². The number of nitrogens with zero attached hydrogens (tertiary/aromatic N) is 5. The molecule has 0 aliphatic heterocycles. The molecule has 2 heterocycles. The van der Waals surface area contributed by atoms with Gasteiger partial charge < -0.3 is 15.5 Å². The number of phenols is 1. The zero-order valence-corrected chi connectivity index (χ0v) is 25.8. The van der Waals surface area contributed by atoms with E-state index in [4.69, 9.17) is 0 Å². The van der Waals surface area contributed by atoms with Crippen molar-refractivity contribution in [2.45, 2.75) is 14.7 Å². The van der Waals surface area contributed by atoms with E-state index in [-0.39, 0.29) is 11.5 Å². The summed E-state index contributed by atoms with van der Waals surface area (Å²) >= 11 is 0. The minimum Gasteiger partial charge on any atom is -0.505 e. The molecule has 0 unspecified atom stereocenters. The average molecular weight is 721 g/mol. The van der Waals surface area contributed by atoms with E-state index < -0.39 is 96.2 Å². The van der Waals surface area contributed by atoms with Crippen LogP contribution in [0.3, 0.4) is 0 Å². The van der Waals surface area contributed by atoms with Crippen molar-refractivity contribution in [3.8, 4) is 11.7 Å². The summed E-state index contributed by atoms with van der Waals surface area (Å²) in [4.78, 5) is 31.0. The van der Waals surface area contributed by atoms with Gasteiger partial charge in [-0.3, -0.25) is 13.7 Å². The van der Waals surface area contributed by atoms with Crippen LogP contribution >= 0.6 is 0 Å². The van der Waals surface area contributed by atoms with Gasteiger partial charge in [0, 0.05) is 5.39 Å². The van der Waals surface area contributed by atoms with Crippen LogP contribution in [0.4, 0.5) is 23.0 Å². The van der Waals surface area contributed by atoms with Crippen LogP contribution < -0.4 is 15.6 Å². The molecule has 0 aliphatic rings. The van der Waals surface area contributed by atoms with Crippen LogP contribution in [0.25, 0.3) is 16.7 Å². The molecular weight excluding hydrogens is 703 g/mol. The molecular formula is C25H18N7O13S3+. The third-order valence-electron chi connectivity index (χ3n) is 6.27. The number of benzene rings is 3. The van der Waals surface area contributed by atoms with E-state index in [1.54, 1.807) is 0 Å². The maximum Gasteiger partial charge on any atom is 0.446 e. The molecule has 0 amide bonds. The van der Waals surface area contributed by atoms with Gasteiger partial charge in [-0.1, -0.05) is 12.1 Å². The lowest BCUT2D eigenvalue weighted by Gasteiger charge is -2.14. The maximum absolute atomic E-state index is 12.4. The van der Waals surface area contributed by atoms with Gasteiger partial charge in [-0.05, 0) is 57.8 Å². The van der Waals surface area contributed by atoms with Crippen molar-refractivity contribution in [2.24, 2.45) is 10.2 Å². The predicted octanol–water partition coefficient (Wildman–Crippen LogP) is 1.90. The van der Waals surface area contributed by atoms with Gasteiger partial charge in [0.05, 0.1) is 28.5 Å². The number of rotatable bonds is 9. The number of carboxylic acids is 1. The smallest absolute Gasteiger partial charge is 0.446 e. The molecule has 0 saturated heterocycles. The number of azo groups is 1. The monoisotopic (exact) mass is 720 g/mol. The summed E-state index contributed by atoms with van der Waals surface area (Å²) in [5.74, 6) is -3.28. The van der Waals surface area contributed by atoms with Gasteiger partial charge in [-0.25, -0.2) is 19.1 Å². The molecule has 5 rings (SSSR count). The Morgan fingerprint density at radius 3 is 2.19 bits per heavy atom. The fourth-order valence-corrected chi connectivity index (χ4v) is 6.09. The molecule has 23 heteroatoms. The minimum atomic E-state index is -5.29. The van der Waals surface area contributed by atoms with Crippen LogP contribution in [-0.4, -0.2) is 70.0 Å². The standard InChI is InChI=1S/C25H17N7O13S3/c33-21-19-13(9-18(48(43,44)45)20(21)31-30-15-5-1-2-6-17(15)47(40,41)42)8-14(46(37,38)39)10-16(19)26-23-27-24(29-25(36)28-23)32-7-3-4-12(11-32)22(34)35/h1-11H,(H6-,26,27,28,29,30,33,34,35,36,37,38,39,40,41,42,43,44,45)/p+1. The second-order valence-corrected chi connectivity index (χ2v) is 13.7. The van der Waals surface area contributed by atoms with Gasteiger partial charge in [0.15, 0.2) is 5.75 Å².